The summed E-state index contributed by atoms with van der Waals surface area (Å²) in [5, 5.41) is 1.73. The summed E-state index contributed by atoms with van der Waals surface area (Å²) in [5.74, 6) is 0.585. The van der Waals surface area contributed by atoms with E-state index in [9.17, 15) is 0 Å². The molecule has 192 valence electrons. The maximum Gasteiger partial charge on any atom is 0.198 e. The maximum absolute atomic E-state index is 5.97. The van der Waals surface area contributed by atoms with Gasteiger partial charge in [-0.05, 0) is 57.2 Å². The van der Waals surface area contributed by atoms with Gasteiger partial charge in [0.25, 0.3) is 0 Å². The average molecular weight is 638 g/mol. The van der Waals surface area contributed by atoms with Crippen LogP contribution in [0.2, 0.25) is 65.5 Å². The Bertz CT molecular complexity index is 941. The summed E-state index contributed by atoms with van der Waals surface area (Å²) >= 11 is 0. The van der Waals surface area contributed by atoms with Gasteiger partial charge in [0.2, 0.25) is 0 Å². The molecule has 3 aliphatic heterocycles. The fraction of sp³-hybridized carbons (Fsp3) is 0.481. The minimum Gasteiger partial charge on any atom is -0.449 e. The van der Waals surface area contributed by atoms with E-state index in [-0.39, 0.29) is 20.4 Å². The predicted molar refractivity (Wildman–Crippen MR) is 166 cm³/mol. The molecule has 0 spiro atoms. The molecule has 3 heterocycles. The van der Waals surface area contributed by atoms with Gasteiger partial charge >= 0.3 is 0 Å². The van der Waals surface area contributed by atoms with Crippen LogP contribution >= 0.6 is 7.92 Å². The zero-order valence-electron chi connectivity index (χ0n) is 23.7. The molecule has 0 atom stereocenters. The zero-order chi connectivity index (χ0) is 25.6. The van der Waals surface area contributed by atoms with Crippen molar-refractivity contribution in [2.75, 3.05) is 0 Å². The van der Waals surface area contributed by atoms with E-state index < -0.39 is 40.7 Å². The van der Waals surface area contributed by atoms with Crippen LogP contribution in [0.15, 0.2) is 69.8 Å². The smallest absolute Gasteiger partial charge is 0.198 e. The van der Waals surface area contributed by atoms with E-state index in [1.807, 2.05) is 21.3 Å². The van der Waals surface area contributed by atoms with Gasteiger partial charge in [0.1, 0.15) is 21.5 Å². The van der Waals surface area contributed by atoms with Gasteiger partial charge in [0.05, 0.1) is 17.8 Å². The summed E-state index contributed by atoms with van der Waals surface area (Å²) in [6.45, 7) is 36.4. The Labute approximate surface area is 229 Å². The van der Waals surface area contributed by atoms with Crippen LogP contribution in [0.3, 0.4) is 0 Å². The van der Waals surface area contributed by atoms with Crippen molar-refractivity contribution in [1.29, 1.82) is 0 Å². The van der Waals surface area contributed by atoms with Crippen LogP contribution < -0.4 is 5.30 Å². The van der Waals surface area contributed by atoms with E-state index in [1.165, 1.54) is 0 Å². The van der Waals surface area contributed by atoms with Crippen molar-refractivity contribution < 1.29 is 24.5 Å². The van der Waals surface area contributed by atoms with Crippen molar-refractivity contribution >= 4 is 46.0 Å². The number of benzene rings is 1. The van der Waals surface area contributed by atoms with Crippen LogP contribution in [-0.2, 0) is 24.5 Å². The summed E-state index contributed by atoms with van der Waals surface area (Å²) in [5.41, 5.74) is 9.02. The van der Waals surface area contributed by atoms with Crippen LogP contribution in [0.4, 0.5) is 0 Å². The van der Waals surface area contributed by atoms with Gasteiger partial charge in [-0.15, -0.1) is 13.2 Å². The summed E-state index contributed by atoms with van der Waals surface area (Å²) in [4.78, 5) is 3.87. The molecule has 0 unspecified atom stereocenters. The van der Waals surface area contributed by atoms with Gasteiger partial charge in [-0.3, -0.25) is 0 Å². The van der Waals surface area contributed by atoms with Gasteiger partial charge in [0, 0.05) is 31.9 Å². The second kappa shape index (κ2) is 11.2. The van der Waals surface area contributed by atoms with E-state index in [4.69, 9.17) is 4.12 Å². The maximum atomic E-state index is 5.97. The zero-order valence-corrected chi connectivity index (χ0v) is 30.2. The first-order chi connectivity index (χ1) is 14.9. The van der Waals surface area contributed by atoms with Crippen LogP contribution in [0.1, 0.15) is 25.3 Å². The Morgan fingerprint density at radius 1 is 0.735 bits per heavy atom. The fourth-order valence-electron chi connectivity index (χ4n) is 5.54. The van der Waals surface area contributed by atoms with Crippen LogP contribution in [-0.4, -0.2) is 32.8 Å². The van der Waals surface area contributed by atoms with Crippen LogP contribution in [0.25, 0.3) is 0 Å². The monoisotopic (exact) mass is 637 g/mol. The first-order valence-electron chi connectivity index (χ1n) is 12.2. The Kier molecular flexibility index (Phi) is 10.6. The van der Waals surface area contributed by atoms with E-state index in [0.717, 1.165) is 0 Å². The van der Waals surface area contributed by atoms with Gasteiger partial charge in [0.15, 0.2) is 16.6 Å². The quantitative estimate of drug-likeness (QED) is 0.224. The molecule has 0 aliphatic carbocycles. The summed E-state index contributed by atoms with van der Waals surface area (Å²) in [6.07, 6.45) is 0. The van der Waals surface area contributed by atoms with E-state index >= 15 is 0 Å². The first kappa shape index (κ1) is 32.1. The first-order valence-corrected chi connectivity index (χ1v) is 26.7. The summed E-state index contributed by atoms with van der Waals surface area (Å²) < 4.78 is 5.97. The summed E-state index contributed by atoms with van der Waals surface area (Å²) in [6, 6.07) is 9.37. The SMILES string of the molecule is C=C[Si](C)(C)O[Si](C)(C)C=C.CC1=C([Si](C)(C)C)[PH+]2C([Si](C)(C)C)=C(C)C1c1ccccc12.[Pd]. The molecule has 0 N–H and O–H groups in total. The molecule has 0 fully saturated rings. The van der Waals surface area contributed by atoms with E-state index in [2.05, 4.69) is 117 Å². The molecule has 7 heteroatoms. The van der Waals surface area contributed by atoms with E-state index in [0.29, 0.717) is 5.92 Å². The molecule has 2 bridgehead atoms. The van der Waals surface area contributed by atoms with Crippen molar-refractivity contribution in [1.82, 2.24) is 0 Å². The summed E-state index contributed by atoms with van der Waals surface area (Å²) in [7, 11) is -6.40. The number of rotatable bonds is 6. The topological polar surface area (TPSA) is 9.23 Å². The largest absolute Gasteiger partial charge is 0.449 e. The molecule has 1 aromatic carbocycles. The number of allylic oxidation sites excluding steroid dienone is 2. The molecule has 0 saturated carbocycles. The average Bonchev–Trinajstić information content (AvgIpc) is 2.65. The third-order valence-corrected chi connectivity index (χ3v) is 25.5. The molecule has 0 amide bonds. The standard InChI is InChI=1S/C19H29PSi2.C8H18OSi2.Pd/c1-13-17-14(2)19(22(6,7)8)20(18(13)21(3,4)5)16-12-10-9-11-15(16)17;1-7-10(3,4)9-11(5,6)8-2;/h9-12,17H,1-8H3;7-8H,1-2H2,3-6H3;/p+1. The molecular formula is C27H48OPPdSi4+. The molecule has 0 aromatic heterocycles. The number of hydrogen-bond donors (Lipinski definition) is 0. The van der Waals surface area contributed by atoms with Crippen molar-refractivity contribution in [3.8, 4) is 0 Å². The van der Waals surface area contributed by atoms with Crippen LogP contribution in [0, 0.1) is 0 Å². The fourth-order valence-corrected chi connectivity index (χ4v) is 24.9. The molecule has 1 aromatic rings. The Balaban J connectivity index is 0.000000414. The predicted octanol–water partition coefficient (Wildman–Crippen LogP) is 8.80. The molecule has 1 nitrogen and oxygen atoms in total. The van der Waals surface area contributed by atoms with Gasteiger partial charge in [-0.25, -0.2) is 0 Å². The molecular weight excluding hydrogens is 590 g/mol. The minimum atomic E-state index is -1.58. The minimum absolute atomic E-state index is 0. The normalized spacial score (nSPS) is 20.2. The third-order valence-electron chi connectivity index (χ3n) is 6.71. The third kappa shape index (κ3) is 6.90. The Hall–Kier alpha value is 0.0999. The van der Waals surface area contributed by atoms with Gasteiger partial charge < -0.3 is 4.12 Å². The van der Waals surface area contributed by atoms with Gasteiger partial charge in [-0.2, -0.15) is 0 Å². The second-order valence-electron chi connectivity index (χ2n) is 12.7. The molecule has 4 rings (SSSR count). The van der Waals surface area contributed by atoms with Gasteiger partial charge in [-0.1, -0.05) is 68.9 Å². The second-order valence-corrected chi connectivity index (χ2v) is 34.1. The molecule has 3 aliphatic rings. The Morgan fingerprint density at radius 3 is 1.47 bits per heavy atom. The van der Waals surface area contributed by atoms with Crippen molar-refractivity contribution in [3.05, 3.63) is 75.4 Å². The molecule has 34 heavy (non-hydrogen) atoms. The Morgan fingerprint density at radius 2 is 1.12 bits per heavy atom. The van der Waals surface area contributed by atoms with E-state index in [1.54, 1.807) is 22.0 Å². The number of hydrogen-bond acceptors (Lipinski definition) is 1. The van der Waals surface area contributed by atoms with Crippen molar-refractivity contribution in [2.45, 2.75) is 85.2 Å². The molecule has 0 radical (unpaired) electrons. The van der Waals surface area contributed by atoms with Crippen molar-refractivity contribution in [3.63, 3.8) is 0 Å². The van der Waals surface area contributed by atoms with Crippen molar-refractivity contribution in [2.24, 2.45) is 0 Å². The molecule has 0 saturated heterocycles. The van der Waals surface area contributed by atoms with Crippen LogP contribution in [0.5, 0.6) is 0 Å².